The van der Waals surface area contributed by atoms with Gasteiger partial charge >= 0.3 is 5.97 Å². The average molecular weight is 185 g/mol. The number of carboxylic acids is 1. The van der Waals surface area contributed by atoms with E-state index in [-0.39, 0.29) is 5.41 Å². The molecule has 0 heterocycles. The van der Waals surface area contributed by atoms with Gasteiger partial charge in [-0.25, -0.2) is 0 Å². The highest BCUT2D eigenvalue weighted by atomic mass is 16.4. The summed E-state index contributed by atoms with van der Waals surface area (Å²) in [4.78, 5) is 10.8. The Morgan fingerprint density at radius 2 is 1.92 bits per heavy atom. The van der Waals surface area contributed by atoms with E-state index in [1.165, 1.54) is 12.8 Å². The first-order valence-electron chi connectivity index (χ1n) is 4.94. The van der Waals surface area contributed by atoms with Crippen molar-refractivity contribution >= 4 is 5.97 Å². The van der Waals surface area contributed by atoms with Crippen molar-refractivity contribution in [2.45, 2.75) is 45.6 Å². The maximum absolute atomic E-state index is 10.8. The monoisotopic (exact) mass is 185 g/mol. The summed E-state index contributed by atoms with van der Waals surface area (Å²) < 4.78 is 0. The minimum atomic E-state index is -0.878. The van der Waals surface area contributed by atoms with Gasteiger partial charge in [-0.15, -0.1) is 0 Å². The highest BCUT2D eigenvalue weighted by molar-refractivity contribution is 5.74. The van der Waals surface area contributed by atoms with Gasteiger partial charge in [0.05, 0.1) is 0 Å². The van der Waals surface area contributed by atoms with E-state index in [4.69, 9.17) is 10.8 Å². The van der Waals surface area contributed by atoms with E-state index in [0.717, 1.165) is 12.8 Å². The quantitative estimate of drug-likeness (QED) is 0.702. The van der Waals surface area contributed by atoms with Crippen molar-refractivity contribution in [1.82, 2.24) is 0 Å². The van der Waals surface area contributed by atoms with E-state index in [1.54, 1.807) is 0 Å². The Morgan fingerprint density at radius 1 is 1.46 bits per heavy atom. The number of carboxylic acid groups (broad SMARTS) is 1. The van der Waals surface area contributed by atoms with Crippen LogP contribution in [0.5, 0.6) is 0 Å². The third-order valence-electron chi connectivity index (χ3n) is 3.47. The minimum Gasteiger partial charge on any atom is -0.480 e. The molecule has 0 aliphatic heterocycles. The van der Waals surface area contributed by atoms with Crippen LogP contribution in [0.4, 0.5) is 0 Å². The fraction of sp³-hybridized carbons (Fsp3) is 0.900. The van der Waals surface area contributed by atoms with E-state index < -0.39 is 12.0 Å². The lowest BCUT2D eigenvalue weighted by Gasteiger charge is -2.34. The molecule has 1 fully saturated rings. The summed E-state index contributed by atoms with van der Waals surface area (Å²) in [6.07, 6.45) is 4.71. The second-order valence-electron chi connectivity index (χ2n) is 4.62. The Morgan fingerprint density at radius 3 is 2.31 bits per heavy atom. The van der Waals surface area contributed by atoms with E-state index >= 15 is 0 Å². The van der Waals surface area contributed by atoms with Crippen molar-refractivity contribution < 1.29 is 9.90 Å². The van der Waals surface area contributed by atoms with Crippen LogP contribution in [-0.2, 0) is 4.79 Å². The number of nitrogens with two attached hydrogens (primary N) is 1. The smallest absolute Gasteiger partial charge is 0.321 e. The van der Waals surface area contributed by atoms with Gasteiger partial charge < -0.3 is 10.8 Å². The fourth-order valence-electron chi connectivity index (χ4n) is 2.24. The number of hydrogen-bond acceptors (Lipinski definition) is 2. The molecule has 3 nitrogen and oxygen atoms in total. The lowest BCUT2D eigenvalue weighted by Crippen LogP contribution is -2.47. The summed E-state index contributed by atoms with van der Waals surface area (Å²) in [5, 5.41) is 8.85. The Kier molecular flexibility index (Phi) is 2.96. The Labute approximate surface area is 79.3 Å². The first-order chi connectivity index (χ1) is 5.96. The van der Waals surface area contributed by atoms with Gasteiger partial charge in [0.1, 0.15) is 6.04 Å². The van der Waals surface area contributed by atoms with Crippen LogP contribution in [0.15, 0.2) is 0 Å². The zero-order valence-corrected chi connectivity index (χ0v) is 8.42. The minimum absolute atomic E-state index is 0.262. The molecule has 1 unspecified atom stereocenters. The summed E-state index contributed by atoms with van der Waals surface area (Å²) in [7, 11) is 0. The first-order valence-corrected chi connectivity index (χ1v) is 4.94. The van der Waals surface area contributed by atoms with Crippen LogP contribution in [0.3, 0.4) is 0 Å². The lowest BCUT2D eigenvalue weighted by atomic mass is 9.72. The van der Waals surface area contributed by atoms with Crippen LogP contribution >= 0.6 is 0 Å². The summed E-state index contributed by atoms with van der Waals surface area (Å²) in [6.45, 7) is 3.95. The van der Waals surface area contributed by atoms with Gasteiger partial charge in [-0.2, -0.15) is 0 Å². The molecule has 1 aliphatic carbocycles. The number of rotatable bonds is 3. The molecule has 1 rings (SSSR count). The van der Waals surface area contributed by atoms with Crippen LogP contribution in [0.2, 0.25) is 0 Å². The van der Waals surface area contributed by atoms with E-state index in [1.807, 2.05) is 13.8 Å². The highest BCUT2D eigenvalue weighted by Gasteiger charge is 2.40. The maximum Gasteiger partial charge on any atom is 0.321 e. The predicted molar refractivity (Wildman–Crippen MR) is 51.4 cm³/mol. The van der Waals surface area contributed by atoms with Crippen LogP contribution in [0.25, 0.3) is 0 Å². The molecule has 0 spiro atoms. The van der Waals surface area contributed by atoms with Gasteiger partial charge in [0, 0.05) is 0 Å². The zero-order chi connectivity index (χ0) is 10.1. The molecule has 0 saturated heterocycles. The standard InChI is InChI=1S/C10H19NO2/c1-10(2,8(11)9(12)13)7-5-3-4-6-7/h7-8H,3-6,11H2,1-2H3,(H,12,13). The SMILES string of the molecule is CC(C)(C1CCCC1)C(N)C(=O)O. The van der Waals surface area contributed by atoms with Crippen molar-refractivity contribution in [2.75, 3.05) is 0 Å². The molecule has 0 aromatic carbocycles. The Hall–Kier alpha value is -0.570. The van der Waals surface area contributed by atoms with Gasteiger partial charge in [-0.1, -0.05) is 26.7 Å². The third-order valence-corrected chi connectivity index (χ3v) is 3.47. The molecular weight excluding hydrogens is 166 g/mol. The summed E-state index contributed by atoms with van der Waals surface area (Å²) in [5.41, 5.74) is 5.41. The largest absolute Gasteiger partial charge is 0.480 e. The molecule has 0 bridgehead atoms. The molecule has 0 aromatic heterocycles. The summed E-state index contributed by atoms with van der Waals surface area (Å²) >= 11 is 0. The number of aliphatic carboxylic acids is 1. The van der Waals surface area contributed by atoms with E-state index in [0.29, 0.717) is 5.92 Å². The highest BCUT2D eigenvalue weighted by Crippen LogP contribution is 2.41. The second-order valence-corrected chi connectivity index (χ2v) is 4.62. The molecule has 1 atom stereocenters. The van der Waals surface area contributed by atoms with Crippen LogP contribution in [-0.4, -0.2) is 17.1 Å². The van der Waals surface area contributed by atoms with Crippen molar-refractivity contribution in [3.63, 3.8) is 0 Å². The molecule has 13 heavy (non-hydrogen) atoms. The van der Waals surface area contributed by atoms with Gasteiger partial charge in [-0.3, -0.25) is 4.79 Å². The van der Waals surface area contributed by atoms with Crippen molar-refractivity contribution in [2.24, 2.45) is 17.1 Å². The molecule has 0 aromatic rings. The lowest BCUT2D eigenvalue weighted by molar-refractivity contribution is -0.142. The van der Waals surface area contributed by atoms with Crippen LogP contribution < -0.4 is 5.73 Å². The molecule has 76 valence electrons. The number of hydrogen-bond donors (Lipinski definition) is 2. The van der Waals surface area contributed by atoms with Crippen molar-refractivity contribution in [3.8, 4) is 0 Å². The molecular formula is C10H19NO2. The topological polar surface area (TPSA) is 63.3 Å². The van der Waals surface area contributed by atoms with Gasteiger partial charge in [0.25, 0.3) is 0 Å². The van der Waals surface area contributed by atoms with E-state index in [9.17, 15) is 4.79 Å². The third kappa shape index (κ3) is 2.02. The van der Waals surface area contributed by atoms with E-state index in [2.05, 4.69) is 0 Å². The van der Waals surface area contributed by atoms with Crippen LogP contribution in [0, 0.1) is 11.3 Å². The second kappa shape index (κ2) is 3.66. The normalized spacial score (nSPS) is 21.8. The van der Waals surface area contributed by atoms with Crippen molar-refractivity contribution in [3.05, 3.63) is 0 Å². The number of carbonyl (C=O) groups is 1. The first kappa shape index (κ1) is 10.5. The van der Waals surface area contributed by atoms with Gasteiger partial charge in [0.2, 0.25) is 0 Å². The fourth-order valence-corrected chi connectivity index (χ4v) is 2.24. The van der Waals surface area contributed by atoms with Gasteiger partial charge in [-0.05, 0) is 24.2 Å². The van der Waals surface area contributed by atoms with Crippen LogP contribution in [0.1, 0.15) is 39.5 Å². The van der Waals surface area contributed by atoms with Crippen molar-refractivity contribution in [1.29, 1.82) is 0 Å². The molecule has 1 aliphatic rings. The Balaban J connectivity index is 2.67. The summed E-state index contributed by atoms with van der Waals surface area (Å²) in [6, 6.07) is -0.726. The molecule has 3 N–H and O–H groups in total. The molecule has 1 saturated carbocycles. The summed E-state index contributed by atoms with van der Waals surface area (Å²) in [5.74, 6) is -0.393. The molecule has 0 radical (unpaired) electrons. The predicted octanol–water partition coefficient (Wildman–Crippen LogP) is 1.61. The Bertz CT molecular complexity index is 195. The molecule has 0 amide bonds. The molecule has 3 heteroatoms. The maximum atomic E-state index is 10.8. The average Bonchev–Trinajstić information content (AvgIpc) is 2.54. The van der Waals surface area contributed by atoms with Gasteiger partial charge in [0.15, 0.2) is 0 Å². The zero-order valence-electron chi connectivity index (χ0n) is 8.42.